The van der Waals surface area contributed by atoms with Crippen LogP contribution in [0.1, 0.15) is 25.6 Å². The summed E-state index contributed by atoms with van der Waals surface area (Å²) in [7, 11) is 0. The minimum atomic E-state index is -1.14. The highest BCUT2D eigenvalue weighted by Crippen LogP contribution is 2.36. The zero-order valence-electron chi connectivity index (χ0n) is 10.5. The van der Waals surface area contributed by atoms with E-state index in [0.717, 1.165) is 0 Å². The summed E-state index contributed by atoms with van der Waals surface area (Å²) in [6.07, 6.45) is 0.304. The summed E-state index contributed by atoms with van der Waals surface area (Å²) in [5.41, 5.74) is 0. The van der Waals surface area contributed by atoms with E-state index in [1.807, 2.05) is 13.8 Å². The van der Waals surface area contributed by atoms with Crippen molar-refractivity contribution in [2.75, 3.05) is 6.61 Å². The van der Waals surface area contributed by atoms with Gasteiger partial charge in [0, 0.05) is 6.04 Å². The zero-order chi connectivity index (χ0) is 14.2. The molecule has 1 fully saturated rings. The molecular weight excluding hydrogens is 318 g/mol. The Labute approximate surface area is 118 Å². The van der Waals surface area contributed by atoms with Crippen LogP contribution in [0.15, 0.2) is 21.2 Å². The number of furan rings is 1. The molecule has 19 heavy (non-hydrogen) atoms. The number of halogens is 1. The van der Waals surface area contributed by atoms with Crippen molar-refractivity contribution in [3.63, 3.8) is 0 Å². The number of amides is 1. The van der Waals surface area contributed by atoms with Crippen LogP contribution in [0.5, 0.6) is 0 Å². The number of hydrogen-bond donors (Lipinski definition) is 1. The van der Waals surface area contributed by atoms with Crippen LogP contribution in [0, 0.1) is 0 Å². The molecule has 2 unspecified atom stereocenters. The molecule has 7 heteroatoms. The summed E-state index contributed by atoms with van der Waals surface area (Å²) in [6, 6.07) is 0.731. The SMILES string of the molecule is CC(C)N1C(=O)COC(C(=O)O)C1c1occc1Br. The number of carboxylic acid groups (broad SMARTS) is 1. The van der Waals surface area contributed by atoms with Crippen LogP contribution in [-0.4, -0.2) is 40.6 Å². The van der Waals surface area contributed by atoms with Crippen LogP contribution < -0.4 is 0 Å². The van der Waals surface area contributed by atoms with Crippen LogP contribution in [0.2, 0.25) is 0 Å². The fourth-order valence-corrected chi connectivity index (χ4v) is 2.66. The van der Waals surface area contributed by atoms with E-state index in [-0.39, 0.29) is 18.6 Å². The maximum atomic E-state index is 12.0. The molecule has 1 amide bonds. The van der Waals surface area contributed by atoms with Crippen LogP contribution in [0.3, 0.4) is 0 Å². The fourth-order valence-electron chi connectivity index (χ4n) is 2.22. The lowest BCUT2D eigenvalue weighted by Crippen LogP contribution is -2.54. The van der Waals surface area contributed by atoms with E-state index >= 15 is 0 Å². The Morgan fingerprint density at radius 2 is 2.26 bits per heavy atom. The van der Waals surface area contributed by atoms with Gasteiger partial charge in [0.25, 0.3) is 0 Å². The summed E-state index contributed by atoms with van der Waals surface area (Å²) in [5.74, 6) is -0.985. The Balaban J connectivity index is 2.47. The highest BCUT2D eigenvalue weighted by atomic mass is 79.9. The van der Waals surface area contributed by atoms with E-state index in [9.17, 15) is 14.7 Å². The molecule has 0 saturated carbocycles. The van der Waals surface area contributed by atoms with Gasteiger partial charge in [0.15, 0.2) is 6.10 Å². The standard InChI is InChI=1S/C12H14BrNO5/c1-6(2)14-8(15)5-19-11(12(16)17)9(14)10-7(13)3-4-18-10/h3-4,6,9,11H,5H2,1-2H3,(H,16,17). The lowest BCUT2D eigenvalue weighted by atomic mass is 10.0. The molecule has 0 aliphatic carbocycles. The smallest absolute Gasteiger partial charge is 0.335 e. The first-order chi connectivity index (χ1) is 8.93. The summed E-state index contributed by atoms with van der Waals surface area (Å²) in [4.78, 5) is 24.8. The topological polar surface area (TPSA) is 80.0 Å². The van der Waals surface area contributed by atoms with Gasteiger partial charge in [-0.2, -0.15) is 0 Å². The summed E-state index contributed by atoms with van der Waals surface area (Å²) < 4.78 is 11.1. The van der Waals surface area contributed by atoms with Crippen molar-refractivity contribution in [3.05, 3.63) is 22.6 Å². The van der Waals surface area contributed by atoms with Gasteiger partial charge in [-0.25, -0.2) is 4.79 Å². The van der Waals surface area contributed by atoms with Gasteiger partial charge in [-0.15, -0.1) is 0 Å². The van der Waals surface area contributed by atoms with E-state index in [1.165, 1.54) is 11.2 Å². The highest BCUT2D eigenvalue weighted by Gasteiger charge is 2.45. The molecule has 2 rings (SSSR count). The molecule has 104 valence electrons. The average molecular weight is 332 g/mol. The maximum absolute atomic E-state index is 12.0. The molecule has 2 heterocycles. The fraction of sp³-hybridized carbons (Fsp3) is 0.500. The number of ether oxygens (including phenoxy) is 1. The van der Waals surface area contributed by atoms with Crippen molar-refractivity contribution in [1.82, 2.24) is 4.90 Å². The van der Waals surface area contributed by atoms with Gasteiger partial charge in [0.1, 0.15) is 18.4 Å². The lowest BCUT2D eigenvalue weighted by molar-refractivity contribution is -0.176. The molecule has 0 spiro atoms. The Morgan fingerprint density at radius 3 is 2.74 bits per heavy atom. The number of morpholine rings is 1. The van der Waals surface area contributed by atoms with Gasteiger partial charge in [-0.3, -0.25) is 4.79 Å². The van der Waals surface area contributed by atoms with Crippen molar-refractivity contribution >= 4 is 27.8 Å². The van der Waals surface area contributed by atoms with Gasteiger partial charge in [0.2, 0.25) is 5.91 Å². The monoisotopic (exact) mass is 331 g/mol. The predicted octanol–water partition coefficient (Wildman–Crippen LogP) is 1.80. The number of carbonyl (C=O) groups excluding carboxylic acids is 1. The van der Waals surface area contributed by atoms with Crippen LogP contribution in [-0.2, 0) is 14.3 Å². The quantitative estimate of drug-likeness (QED) is 0.913. The number of rotatable bonds is 3. The molecule has 1 aliphatic rings. The van der Waals surface area contributed by atoms with E-state index in [2.05, 4.69) is 15.9 Å². The molecule has 1 aromatic rings. The summed E-state index contributed by atoms with van der Waals surface area (Å²) >= 11 is 3.29. The van der Waals surface area contributed by atoms with E-state index in [4.69, 9.17) is 9.15 Å². The van der Waals surface area contributed by atoms with Crippen molar-refractivity contribution in [2.45, 2.75) is 32.0 Å². The Kier molecular flexibility index (Phi) is 3.96. The Bertz CT molecular complexity index is 498. The molecule has 1 N–H and O–H groups in total. The molecule has 6 nitrogen and oxygen atoms in total. The van der Waals surface area contributed by atoms with Gasteiger partial charge in [-0.05, 0) is 35.8 Å². The van der Waals surface area contributed by atoms with Crippen LogP contribution in [0.4, 0.5) is 0 Å². The molecular formula is C12H14BrNO5. The van der Waals surface area contributed by atoms with Gasteiger partial charge in [-0.1, -0.05) is 0 Å². The van der Waals surface area contributed by atoms with Gasteiger partial charge in [0.05, 0.1) is 10.7 Å². The first kappa shape index (κ1) is 14.1. The molecule has 2 atom stereocenters. The van der Waals surface area contributed by atoms with Gasteiger partial charge >= 0.3 is 5.97 Å². The van der Waals surface area contributed by atoms with Crippen molar-refractivity contribution in [3.8, 4) is 0 Å². The molecule has 0 bridgehead atoms. The molecule has 0 aromatic carbocycles. The van der Waals surface area contributed by atoms with Crippen molar-refractivity contribution in [2.24, 2.45) is 0 Å². The lowest BCUT2D eigenvalue weighted by Gasteiger charge is -2.40. The molecule has 0 radical (unpaired) electrons. The largest absolute Gasteiger partial charge is 0.479 e. The Morgan fingerprint density at radius 1 is 1.58 bits per heavy atom. The van der Waals surface area contributed by atoms with E-state index < -0.39 is 18.1 Å². The highest BCUT2D eigenvalue weighted by molar-refractivity contribution is 9.10. The summed E-state index contributed by atoms with van der Waals surface area (Å²) in [6.45, 7) is 3.42. The predicted molar refractivity (Wildman–Crippen MR) is 68.5 cm³/mol. The second-order valence-electron chi connectivity index (χ2n) is 4.54. The molecule has 1 aromatic heterocycles. The maximum Gasteiger partial charge on any atom is 0.335 e. The van der Waals surface area contributed by atoms with Crippen LogP contribution in [0.25, 0.3) is 0 Å². The second kappa shape index (κ2) is 5.34. The average Bonchev–Trinajstić information content (AvgIpc) is 2.73. The minimum absolute atomic E-state index is 0.153. The zero-order valence-corrected chi connectivity index (χ0v) is 12.1. The molecule has 1 saturated heterocycles. The third kappa shape index (κ3) is 2.52. The number of hydrogen-bond acceptors (Lipinski definition) is 4. The van der Waals surface area contributed by atoms with E-state index in [0.29, 0.717) is 10.2 Å². The number of nitrogens with zero attached hydrogens (tertiary/aromatic N) is 1. The number of carboxylic acids is 1. The number of aliphatic carboxylic acids is 1. The normalized spacial score (nSPS) is 24.0. The van der Waals surface area contributed by atoms with Crippen molar-refractivity contribution in [1.29, 1.82) is 0 Å². The minimum Gasteiger partial charge on any atom is -0.479 e. The first-order valence-corrected chi connectivity index (χ1v) is 6.61. The third-order valence-corrected chi connectivity index (χ3v) is 3.63. The van der Waals surface area contributed by atoms with E-state index in [1.54, 1.807) is 6.07 Å². The van der Waals surface area contributed by atoms with Crippen LogP contribution >= 0.6 is 15.9 Å². The third-order valence-electron chi connectivity index (χ3n) is 2.97. The summed E-state index contributed by atoms with van der Waals surface area (Å²) in [5, 5.41) is 9.26. The molecule has 1 aliphatic heterocycles. The van der Waals surface area contributed by atoms with Crippen molar-refractivity contribution < 1.29 is 23.8 Å². The van der Waals surface area contributed by atoms with Gasteiger partial charge < -0.3 is 19.2 Å². The first-order valence-electron chi connectivity index (χ1n) is 5.82. The second-order valence-corrected chi connectivity index (χ2v) is 5.40. The number of carbonyl (C=O) groups is 2. The Hall–Kier alpha value is -1.34.